The van der Waals surface area contributed by atoms with Gasteiger partial charge in [0.1, 0.15) is 24.7 Å². The lowest BCUT2D eigenvalue weighted by atomic mass is 10.1. The number of nitrogens with zero attached hydrogens (tertiary/aromatic N) is 2. The van der Waals surface area contributed by atoms with E-state index in [4.69, 9.17) is 21.6 Å². The highest BCUT2D eigenvalue weighted by Gasteiger charge is 2.19. The Balaban J connectivity index is 2.07. The molecular formula is C14H12BrN3O2. The van der Waals surface area contributed by atoms with Gasteiger partial charge in [-0.2, -0.15) is 0 Å². The fourth-order valence-electron chi connectivity index (χ4n) is 2.09. The maximum Gasteiger partial charge on any atom is 0.175 e. The van der Waals surface area contributed by atoms with Crippen molar-refractivity contribution in [1.82, 2.24) is 9.55 Å². The van der Waals surface area contributed by atoms with Crippen LogP contribution in [0.15, 0.2) is 22.9 Å². The predicted molar refractivity (Wildman–Crippen MR) is 79.6 cm³/mol. The number of aromatic nitrogens is 2. The molecular weight excluding hydrogens is 322 g/mol. The molecule has 0 saturated carbocycles. The van der Waals surface area contributed by atoms with E-state index in [0.29, 0.717) is 42.8 Å². The van der Waals surface area contributed by atoms with Crippen molar-refractivity contribution in [1.29, 1.82) is 0 Å². The molecule has 0 spiro atoms. The third-order valence-electron chi connectivity index (χ3n) is 3.01. The fourth-order valence-corrected chi connectivity index (χ4v) is 2.64. The van der Waals surface area contributed by atoms with E-state index in [-0.39, 0.29) is 0 Å². The first-order valence-corrected chi connectivity index (χ1v) is 6.83. The molecule has 1 aromatic carbocycles. The van der Waals surface area contributed by atoms with Gasteiger partial charge in [0.15, 0.2) is 11.5 Å². The van der Waals surface area contributed by atoms with Crippen LogP contribution in [0.4, 0.5) is 5.82 Å². The Morgan fingerprint density at radius 2 is 2.20 bits per heavy atom. The van der Waals surface area contributed by atoms with Crippen molar-refractivity contribution < 1.29 is 9.47 Å². The first kappa shape index (κ1) is 12.9. The number of terminal acetylenes is 1. The number of anilines is 1. The van der Waals surface area contributed by atoms with Crippen LogP contribution in [0.1, 0.15) is 0 Å². The molecule has 20 heavy (non-hydrogen) atoms. The minimum atomic E-state index is 0.393. The summed E-state index contributed by atoms with van der Waals surface area (Å²) in [6.45, 7) is 1.47. The van der Waals surface area contributed by atoms with E-state index in [1.165, 1.54) is 0 Å². The molecule has 6 heteroatoms. The molecule has 0 aliphatic carbocycles. The van der Waals surface area contributed by atoms with E-state index in [0.717, 1.165) is 10.0 Å². The van der Waals surface area contributed by atoms with Crippen molar-refractivity contribution in [3.63, 3.8) is 0 Å². The minimum absolute atomic E-state index is 0.393. The van der Waals surface area contributed by atoms with E-state index in [1.54, 1.807) is 10.9 Å². The van der Waals surface area contributed by atoms with Crippen molar-refractivity contribution in [3.8, 4) is 35.1 Å². The minimum Gasteiger partial charge on any atom is -0.486 e. The van der Waals surface area contributed by atoms with Crippen LogP contribution < -0.4 is 15.2 Å². The summed E-state index contributed by atoms with van der Waals surface area (Å²) in [6, 6.07) is 3.78. The number of benzene rings is 1. The molecule has 2 N–H and O–H groups in total. The molecule has 102 valence electrons. The Bertz CT molecular complexity index is 703. The monoisotopic (exact) mass is 333 g/mol. The van der Waals surface area contributed by atoms with Gasteiger partial charge in [0, 0.05) is 5.56 Å². The summed E-state index contributed by atoms with van der Waals surface area (Å²) >= 11 is 3.48. The van der Waals surface area contributed by atoms with Gasteiger partial charge in [0.2, 0.25) is 0 Å². The highest BCUT2D eigenvalue weighted by molar-refractivity contribution is 9.10. The van der Waals surface area contributed by atoms with Gasteiger partial charge in [-0.25, -0.2) is 4.98 Å². The topological polar surface area (TPSA) is 62.3 Å². The summed E-state index contributed by atoms with van der Waals surface area (Å²) in [7, 11) is 0. The van der Waals surface area contributed by atoms with E-state index >= 15 is 0 Å². The lowest BCUT2D eigenvalue weighted by Gasteiger charge is -2.20. The zero-order valence-electron chi connectivity index (χ0n) is 10.6. The zero-order valence-corrected chi connectivity index (χ0v) is 12.2. The fraction of sp³-hybridized carbons (Fsp3) is 0.214. The molecule has 0 unspecified atom stereocenters. The van der Waals surface area contributed by atoms with E-state index in [2.05, 4.69) is 26.8 Å². The molecule has 3 rings (SSSR count). The normalized spacial score (nSPS) is 13.0. The molecule has 0 atom stereocenters. The molecule has 5 nitrogen and oxygen atoms in total. The van der Waals surface area contributed by atoms with Gasteiger partial charge in [-0.05, 0) is 28.1 Å². The molecule has 1 aromatic heterocycles. The number of ether oxygens (including phenoxy) is 2. The lowest BCUT2D eigenvalue weighted by Crippen LogP contribution is -2.15. The van der Waals surface area contributed by atoms with E-state index in [1.807, 2.05) is 12.1 Å². The molecule has 1 aliphatic rings. The number of fused-ring (bicyclic) bond motifs is 1. The number of rotatable bonds is 2. The molecule has 2 aromatic rings. The summed E-state index contributed by atoms with van der Waals surface area (Å²) in [5.74, 6) is 4.47. The van der Waals surface area contributed by atoms with Crippen LogP contribution in [0.2, 0.25) is 0 Å². The Kier molecular flexibility index (Phi) is 3.28. The molecule has 2 heterocycles. The van der Waals surface area contributed by atoms with Crippen LogP contribution in [0.5, 0.6) is 11.5 Å². The van der Waals surface area contributed by atoms with E-state index < -0.39 is 0 Å². The average Bonchev–Trinajstić information content (AvgIpc) is 2.81. The Morgan fingerprint density at radius 1 is 1.40 bits per heavy atom. The largest absolute Gasteiger partial charge is 0.486 e. The van der Waals surface area contributed by atoms with Gasteiger partial charge >= 0.3 is 0 Å². The van der Waals surface area contributed by atoms with Gasteiger partial charge < -0.3 is 19.8 Å². The Morgan fingerprint density at radius 3 is 3.00 bits per heavy atom. The second kappa shape index (κ2) is 5.10. The van der Waals surface area contributed by atoms with Crippen LogP contribution in [0.25, 0.3) is 11.3 Å². The van der Waals surface area contributed by atoms with Crippen molar-refractivity contribution >= 4 is 21.7 Å². The van der Waals surface area contributed by atoms with Crippen LogP contribution in [0, 0.1) is 12.3 Å². The number of nitrogen functional groups attached to an aromatic ring is 1. The van der Waals surface area contributed by atoms with Crippen LogP contribution >= 0.6 is 15.9 Å². The molecule has 0 amide bonds. The standard InChI is InChI=1S/C14H12BrN3O2/c1-2-3-18-8-17-12(14(18)16)9-6-10(15)13-11(7-9)19-4-5-20-13/h1,6-8H,3-5,16H2. The number of imidazole rings is 1. The first-order chi connectivity index (χ1) is 9.70. The number of halogens is 1. The maximum absolute atomic E-state index is 6.07. The van der Waals surface area contributed by atoms with Crippen molar-refractivity contribution in [2.75, 3.05) is 18.9 Å². The third-order valence-corrected chi connectivity index (χ3v) is 3.60. The lowest BCUT2D eigenvalue weighted by molar-refractivity contribution is 0.170. The van der Waals surface area contributed by atoms with Gasteiger partial charge in [-0.15, -0.1) is 6.42 Å². The highest BCUT2D eigenvalue weighted by atomic mass is 79.9. The zero-order chi connectivity index (χ0) is 14.1. The summed E-state index contributed by atoms with van der Waals surface area (Å²) < 4.78 is 13.7. The summed E-state index contributed by atoms with van der Waals surface area (Å²) in [5, 5.41) is 0. The maximum atomic E-state index is 6.07. The Labute approximate surface area is 124 Å². The molecule has 1 aliphatic heterocycles. The van der Waals surface area contributed by atoms with Gasteiger partial charge in [0.05, 0.1) is 17.3 Å². The second-order valence-electron chi connectivity index (χ2n) is 4.29. The molecule has 0 fully saturated rings. The quantitative estimate of drug-likeness (QED) is 0.856. The van der Waals surface area contributed by atoms with Crippen molar-refractivity contribution in [3.05, 3.63) is 22.9 Å². The third kappa shape index (κ3) is 2.10. The Hall–Kier alpha value is -2.13. The molecule has 0 saturated heterocycles. The van der Waals surface area contributed by atoms with Gasteiger partial charge in [-0.1, -0.05) is 5.92 Å². The summed E-state index contributed by atoms with van der Waals surface area (Å²) in [6.07, 6.45) is 6.93. The summed E-state index contributed by atoms with van der Waals surface area (Å²) in [4.78, 5) is 4.32. The highest BCUT2D eigenvalue weighted by Crippen LogP contribution is 2.41. The molecule has 0 bridgehead atoms. The second-order valence-corrected chi connectivity index (χ2v) is 5.15. The SMILES string of the molecule is C#CCn1cnc(-c2cc(Br)c3c(c2)OCCO3)c1N. The van der Waals surface area contributed by atoms with Crippen molar-refractivity contribution in [2.24, 2.45) is 0 Å². The van der Waals surface area contributed by atoms with Crippen LogP contribution in [-0.2, 0) is 6.54 Å². The number of hydrogen-bond donors (Lipinski definition) is 1. The summed E-state index contributed by atoms with van der Waals surface area (Å²) in [5.41, 5.74) is 7.60. The molecule has 0 radical (unpaired) electrons. The first-order valence-electron chi connectivity index (χ1n) is 6.04. The van der Waals surface area contributed by atoms with Crippen molar-refractivity contribution in [2.45, 2.75) is 6.54 Å². The number of hydrogen-bond acceptors (Lipinski definition) is 4. The van der Waals surface area contributed by atoms with E-state index in [9.17, 15) is 0 Å². The van der Waals surface area contributed by atoms with Gasteiger partial charge in [0.25, 0.3) is 0 Å². The van der Waals surface area contributed by atoms with Crippen LogP contribution in [0.3, 0.4) is 0 Å². The number of nitrogens with two attached hydrogens (primary N) is 1. The van der Waals surface area contributed by atoms with Gasteiger partial charge in [-0.3, -0.25) is 0 Å². The smallest absolute Gasteiger partial charge is 0.175 e. The average molecular weight is 334 g/mol. The van der Waals surface area contributed by atoms with Crippen LogP contribution in [-0.4, -0.2) is 22.8 Å². The predicted octanol–water partition coefficient (Wildman–Crippen LogP) is 2.30.